The highest BCUT2D eigenvalue weighted by Gasteiger charge is 2.27. The van der Waals surface area contributed by atoms with Crippen LogP contribution in [0.5, 0.6) is 0 Å². The number of aromatic nitrogens is 4. The zero-order valence-corrected chi connectivity index (χ0v) is 22.0. The number of hydrogen-bond acceptors (Lipinski definition) is 6. The van der Waals surface area contributed by atoms with Crippen LogP contribution in [0, 0.1) is 23.1 Å². The van der Waals surface area contributed by atoms with Crippen LogP contribution in [0.4, 0.5) is 15.9 Å². The number of halogens is 1. The van der Waals surface area contributed by atoms with E-state index < -0.39 is 17.3 Å². The van der Waals surface area contributed by atoms with Crippen molar-refractivity contribution in [2.75, 3.05) is 11.1 Å². The molecule has 3 N–H and O–H groups in total. The van der Waals surface area contributed by atoms with Crippen LogP contribution < -0.4 is 16.6 Å². The predicted octanol–water partition coefficient (Wildman–Crippen LogP) is 5.32. The number of anilines is 2. The van der Waals surface area contributed by atoms with Crippen LogP contribution in [-0.2, 0) is 0 Å². The lowest BCUT2D eigenvalue weighted by Gasteiger charge is -2.24. The number of fused-ring (bicyclic) bond motifs is 1. The van der Waals surface area contributed by atoms with E-state index in [4.69, 9.17) is 5.73 Å². The molecule has 1 aliphatic carbocycles. The Hall–Kier alpha value is -5.30. The van der Waals surface area contributed by atoms with Gasteiger partial charge in [0.1, 0.15) is 23.2 Å². The Bertz CT molecular complexity index is 1870. The minimum absolute atomic E-state index is 0.0499. The number of nitrogen functional groups attached to an aromatic ring is 1. The van der Waals surface area contributed by atoms with Crippen LogP contribution in [0.15, 0.2) is 84.0 Å². The second-order valence-electron chi connectivity index (χ2n) is 10.1. The van der Waals surface area contributed by atoms with Gasteiger partial charge >= 0.3 is 0 Å². The van der Waals surface area contributed by atoms with Crippen LogP contribution in [-0.4, -0.2) is 25.1 Å². The molecule has 1 saturated carbocycles. The van der Waals surface area contributed by atoms with Crippen LogP contribution in [0.3, 0.4) is 0 Å². The molecule has 41 heavy (non-hydrogen) atoms. The molecule has 204 valence electrons. The smallest absolute Gasteiger partial charge is 0.267 e. The number of rotatable bonds is 5. The summed E-state index contributed by atoms with van der Waals surface area (Å²) < 4.78 is 18.7. The van der Waals surface area contributed by atoms with Crippen molar-refractivity contribution in [3.8, 4) is 22.9 Å². The van der Waals surface area contributed by atoms with Crippen molar-refractivity contribution in [2.45, 2.75) is 31.6 Å². The average Bonchev–Trinajstić information content (AvgIpc) is 3.38. The number of carbonyl (C=O) groups is 1. The quantitative estimate of drug-likeness (QED) is 0.306. The Labute approximate surface area is 234 Å². The molecule has 9 nitrogen and oxygen atoms in total. The Morgan fingerprint density at radius 3 is 2.54 bits per heavy atom. The first-order valence-corrected chi connectivity index (χ1v) is 13.3. The van der Waals surface area contributed by atoms with Gasteiger partial charge < -0.3 is 11.1 Å². The fourth-order valence-corrected chi connectivity index (χ4v) is 5.58. The number of carbonyl (C=O) groups excluding carboxylic acids is 1. The average molecular weight is 548 g/mol. The van der Waals surface area contributed by atoms with Crippen molar-refractivity contribution in [1.29, 1.82) is 5.26 Å². The Morgan fingerprint density at radius 1 is 1.02 bits per heavy atom. The molecule has 1 amide bonds. The van der Waals surface area contributed by atoms with Crippen LogP contribution in [0.2, 0.25) is 0 Å². The van der Waals surface area contributed by atoms with Gasteiger partial charge in [-0.1, -0.05) is 18.2 Å². The monoisotopic (exact) mass is 547 g/mol. The molecule has 3 heterocycles. The highest BCUT2D eigenvalue weighted by Crippen LogP contribution is 2.40. The fourth-order valence-electron chi connectivity index (χ4n) is 5.58. The normalized spacial score (nSPS) is 16.8. The Kier molecular flexibility index (Phi) is 6.77. The summed E-state index contributed by atoms with van der Waals surface area (Å²) in [6.07, 6.45) is 6.21. The van der Waals surface area contributed by atoms with E-state index in [-0.39, 0.29) is 34.5 Å². The van der Waals surface area contributed by atoms with Gasteiger partial charge in [0.2, 0.25) is 0 Å². The van der Waals surface area contributed by atoms with Crippen LogP contribution in [0.1, 0.15) is 47.7 Å². The molecule has 1 aliphatic rings. The van der Waals surface area contributed by atoms with Gasteiger partial charge in [-0.15, -0.1) is 0 Å². The summed E-state index contributed by atoms with van der Waals surface area (Å²) in [4.78, 5) is 30.2. The van der Waals surface area contributed by atoms with E-state index in [2.05, 4.69) is 21.5 Å². The lowest BCUT2D eigenvalue weighted by Crippen LogP contribution is -2.27. The molecule has 10 heteroatoms. The minimum atomic E-state index is -0.644. The molecule has 5 aromatic rings. The van der Waals surface area contributed by atoms with Gasteiger partial charge in [0.25, 0.3) is 11.5 Å². The summed E-state index contributed by atoms with van der Waals surface area (Å²) in [6.45, 7) is 0. The maximum atomic E-state index is 15.6. The number of hydrogen-bond donors (Lipinski definition) is 2. The summed E-state index contributed by atoms with van der Waals surface area (Å²) in [6, 6.07) is 20.6. The molecule has 3 aromatic heterocycles. The van der Waals surface area contributed by atoms with E-state index >= 15 is 4.39 Å². The number of nitrogens with two attached hydrogens (primary N) is 1. The molecule has 0 spiro atoms. The number of nitrogens with one attached hydrogen (secondary N) is 1. The maximum absolute atomic E-state index is 15.6. The second-order valence-corrected chi connectivity index (χ2v) is 10.1. The number of nitrogens with zero attached hydrogens (tertiary/aromatic N) is 5. The first kappa shape index (κ1) is 26.0. The van der Waals surface area contributed by atoms with Gasteiger partial charge in [0.15, 0.2) is 5.82 Å². The third-order valence-electron chi connectivity index (χ3n) is 7.68. The van der Waals surface area contributed by atoms with Gasteiger partial charge in [-0.3, -0.25) is 14.2 Å². The number of benzene rings is 2. The topological polar surface area (TPSA) is 131 Å². The Morgan fingerprint density at radius 2 is 1.80 bits per heavy atom. The fraction of sp³-hybridized carbons (Fsp3) is 0.194. The van der Waals surface area contributed by atoms with E-state index in [9.17, 15) is 14.9 Å². The van der Waals surface area contributed by atoms with E-state index in [1.165, 1.54) is 23.0 Å². The molecule has 0 aliphatic heterocycles. The molecule has 6 rings (SSSR count). The van der Waals surface area contributed by atoms with E-state index in [1.807, 2.05) is 12.1 Å². The van der Waals surface area contributed by atoms with E-state index in [0.717, 1.165) is 31.4 Å². The molecule has 0 unspecified atom stereocenters. The second kappa shape index (κ2) is 10.7. The summed E-state index contributed by atoms with van der Waals surface area (Å²) in [7, 11) is 0. The molecule has 0 bridgehead atoms. The molecule has 1 fully saturated rings. The summed E-state index contributed by atoms with van der Waals surface area (Å²) in [5, 5.41) is 16.3. The number of pyridine rings is 1. The lowest BCUT2D eigenvalue weighted by atomic mass is 9.81. The van der Waals surface area contributed by atoms with Gasteiger partial charge in [-0.05, 0) is 74.2 Å². The summed E-state index contributed by atoms with van der Waals surface area (Å²) in [5.74, 6) is -0.790. The number of nitriles is 1. The largest absolute Gasteiger partial charge is 0.382 e. The van der Waals surface area contributed by atoms with Crippen molar-refractivity contribution >= 4 is 22.9 Å². The standard InChI is InChI=1S/C31H26FN7O2/c32-26-15-21(37-30(40)24-7-4-14-38(31(24)41)22-5-2-1-3-6-22)12-13-23(26)25-16-27(20-10-8-19(17-33)9-11-20)39-28(25)29(34)35-18-36-39/h1-7,12-16,18-20H,8-11H2,(H,37,40)(H2,34,35,36)/t19-,20-. The predicted molar refractivity (Wildman–Crippen MR) is 153 cm³/mol. The number of para-hydroxylation sites is 1. The lowest BCUT2D eigenvalue weighted by molar-refractivity contribution is 0.102. The molecule has 2 aromatic carbocycles. The van der Waals surface area contributed by atoms with Crippen molar-refractivity contribution in [3.63, 3.8) is 0 Å². The molecular formula is C31H26FN7O2. The van der Waals surface area contributed by atoms with Crippen LogP contribution in [0.25, 0.3) is 22.3 Å². The SMILES string of the molecule is N#C[C@H]1CC[C@H](c2cc(-c3ccc(NC(=O)c4cccn(-c5ccccc5)c4=O)cc3F)c3c(N)ncnn32)CC1. The Balaban J connectivity index is 1.30. The molecule has 0 atom stereocenters. The maximum Gasteiger partial charge on any atom is 0.267 e. The first-order chi connectivity index (χ1) is 19.9. The van der Waals surface area contributed by atoms with Crippen molar-refractivity contribution in [2.24, 2.45) is 5.92 Å². The zero-order chi connectivity index (χ0) is 28.5. The van der Waals surface area contributed by atoms with E-state index in [1.54, 1.807) is 53.2 Å². The summed E-state index contributed by atoms with van der Waals surface area (Å²) in [5.41, 5.74) is 8.74. The summed E-state index contributed by atoms with van der Waals surface area (Å²) >= 11 is 0. The van der Waals surface area contributed by atoms with Crippen molar-refractivity contribution in [3.05, 3.63) is 107 Å². The minimum Gasteiger partial charge on any atom is -0.382 e. The third kappa shape index (κ3) is 4.82. The van der Waals surface area contributed by atoms with Gasteiger partial charge in [-0.2, -0.15) is 10.4 Å². The zero-order valence-electron chi connectivity index (χ0n) is 22.0. The molecular weight excluding hydrogens is 521 g/mol. The van der Waals surface area contributed by atoms with Crippen LogP contribution >= 0.6 is 0 Å². The van der Waals surface area contributed by atoms with Crippen molar-refractivity contribution < 1.29 is 9.18 Å². The van der Waals surface area contributed by atoms with E-state index in [0.29, 0.717) is 16.8 Å². The molecule has 0 radical (unpaired) electrons. The highest BCUT2D eigenvalue weighted by atomic mass is 19.1. The first-order valence-electron chi connectivity index (χ1n) is 13.3. The van der Waals surface area contributed by atoms with Gasteiger partial charge in [-0.25, -0.2) is 13.9 Å². The van der Waals surface area contributed by atoms with Crippen molar-refractivity contribution in [1.82, 2.24) is 19.2 Å². The number of amides is 1. The van der Waals surface area contributed by atoms with Gasteiger partial charge in [0.05, 0.1) is 6.07 Å². The third-order valence-corrected chi connectivity index (χ3v) is 7.68. The highest BCUT2D eigenvalue weighted by molar-refractivity contribution is 6.04. The van der Waals surface area contributed by atoms with Gasteiger partial charge in [0, 0.05) is 46.2 Å². The molecule has 0 saturated heterocycles.